The Morgan fingerprint density at radius 2 is 1.81 bits per heavy atom. The lowest BCUT2D eigenvalue weighted by atomic mass is 10.1. The lowest BCUT2D eigenvalue weighted by Crippen LogP contribution is -2.30. The van der Waals surface area contributed by atoms with Crippen LogP contribution in [0.1, 0.15) is 35.2 Å². The number of nitro benzene ring substituents is 1. The topological polar surface area (TPSA) is 72.7 Å². The van der Waals surface area contributed by atoms with Gasteiger partial charge in [0.2, 0.25) is 0 Å². The monoisotopic (exact) mass is 408 g/mol. The van der Waals surface area contributed by atoms with Crippen molar-refractivity contribution in [2.75, 3.05) is 18.0 Å². The second-order valence-electron chi connectivity index (χ2n) is 6.33. The van der Waals surface area contributed by atoms with E-state index in [1.165, 1.54) is 6.07 Å². The molecule has 3 rings (SSSR count). The number of nitrogens with zero attached hydrogens (tertiary/aromatic N) is 2. The van der Waals surface area contributed by atoms with Crippen LogP contribution in [0.5, 0.6) is 0 Å². The van der Waals surface area contributed by atoms with Crippen LogP contribution in [0.2, 0.25) is 10.0 Å². The first-order valence-electron chi connectivity index (χ1n) is 8.60. The number of ether oxygens (including phenoxy) is 1. The van der Waals surface area contributed by atoms with Gasteiger partial charge in [0.1, 0.15) is 12.3 Å². The predicted molar refractivity (Wildman–Crippen MR) is 105 cm³/mol. The van der Waals surface area contributed by atoms with Crippen LogP contribution in [0.4, 0.5) is 11.4 Å². The van der Waals surface area contributed by atoms with Gasteiger partial charge in [0.25, 0.3) is 5.69 Å². The van der Waals surface area contributed by atoms with Gasteiger partial charge in [-0.25, -0.2) is 4.79 Å². The third kappa shape index (κ3) is 4.70. The Labute approximate surface area is 166 Å². The van der Waals surface area contributed by atoms with Gasteiger partial charge in [-0.2, -0.15) is 0 Å². The van der Waals surface area contributed by atoms with Crippen LogP contribution >= 0.6 is 23.2 Å². The van der Waals surface area contributed by atoms with Crippen molar-refractivity contribution in [2.45, 2.75) is 25.9 Å². The molecule has 6 nitrogen and oxygen atoms in total. The van der Waals surface area contributed by atoms with E-state index in [9.17, 15) is 14.9 Å². The number of rotatable bonds is 5. The molecule has 1 saturated heterocycles. The Balaban J connectivity index is 1.75. The molecule has 0 N–H and O–H groups in total. The second kappa shape index (κ2) is 8.59. The second-order valence-corrected chi connectivity index (χ2v) is 7.15. The number of anilines is 1. The molecule has 8 heteroatoms. The summed E-state index contributed by atoms with van der Waals surface area (Å²) >= 11 is 11.8. The molecule has 0 atom stereocenters. The Morgan fingerprint density at radius 3 is 2.48 bits per heavy atom. The molecule has 0 aromatic heterocycles. The van der Waals surface area contributed by atoms with Gasteiger partial charge in [-0.15, -0.1) is 0 Å². The number of hydrogen-bond acceptors (Lipinski definition) is 5. The number of carbonyl (C=O) groups excluding carboxylic acids is 1. The number of hydrogen-bond donors (Lipinski definition) is 0. The minimum atomic E-state index is -0.630. The van der Waals surface area contributed by atoms with Crippen molar-refractivity contribution >= 4 is 40.5 Å². The average molecular weight is 409 g/mol. The molecule has 1 heterocycles. The molecule has 0 bridgehead atoms. The fourth-order valence-corrected chi connectivity index (χ4v) is 3.38. The maximum absolute atomic E-state index is 12.3. The third-order valence-electron chi connectivity index (χ3n) is 4.46. The molecular formula is C19H18Cl2N2O4. The molecule has 1 aliphatic heterocycles. The molecule has 0 spiro atoms. The van der Waals surface area contributed by atoms with Gasteiger partial charge in [0.05, 0.1) is 20.5 Å². The summed E-state index contributed by atoms with van der Waals surface area (Å²) in [6.45, 7) is 1.56. The van der Waals surface area contributed by atoms with Gasteiger partial charge in [-0.05, 0) is 49.1 Å². The Morgan fingerprint density at radius 1 is 1.07 bits per heavy atom. The summed E-state index contributed by atoms with van der Waals surface area (Å²) in [7, 11) is 0. The van der Waals surface area contributed by atoms with Crippen LogP contribution in [0.15, 0.2) is 36.4 Å². The number of carbonyl (C=O) groups is 1. The zero-order chi connectivity index (χ0) is 19.4. The molecule has 1 aliphatic rings. The SMILES string of the molecule is O=C(OCc1ccc(Cl)c(Cl)c1)c1ccc(N2CCCCC2)c([N+](=O)[O-])c1. The quantitative estimate of drug-likeness (QED) is 0.383. The Kier molecular flexibility index (Phi) is 6.19. The first-order valence-corrected chi connectivity index (χ1v) is 9.36. The van der Waals surface area contributed by atoms with Crippen molar-refractivity contribution in [3.8, 4) is 0 Å². The van der Waals surface area contributed by atoms with E-state index >= 15 is 0 Å². The van der Waals surface area contributed by atoms with Crippen LogP contribution in [-0.4, -0.2) is 24.0 Å². The normalized spacial score (nSPS) is 14.1. The van der Waals surface area contributed by atoms with Crippen molar-refractivity contribution in [1.29, 1.82) is 0 Å². The van der Waals surface area contributed by atoms with E-state index in [4.69, 9.17) is 27.9 Å². The summed E-state index contributed by atoms with van der Waals surface area (Å²) in [6.07, 6.45) is 3.14. The van der Waals surface area contributed by atoms with E-state index < -0.39 is 10.9 Å². The Hall–Kier alpha value is -2.31. The van der Waals surface area contributed by atoms with E-state index in [2.05, 4.69) is 0 Å². The maximum atomic E-state index is 12.3. The zero-order valence-electron chi connectivity index (χ0n) is 14.5. The van der Waals surface area contributed by atoms with Crippen LogP contribution < -0.4 is 4.90 Å². The molecule has 27 heavy (non-hydrogen) atoms. The number of piperidine rings is 1. The lowest BCUT2D eigenvalue weighted by molar-refractivity contribution is -0.384. The number of benzene rings is 2. The highest BCUT2D eigenvalue weighted by Crippen LogP contribution is 2.31. The Bertz CT molecular complexity index is 867. The zero-order valence-corrected chi connectivity index (χ0v) is 16.0. The van der Waals surface area contributed by atoms with Crippen molar-refractivity contribution in [1.82, 2.24) is 0 Å². The first-order chi connectivity index (χ1) is 13.0. The third-order valence-corrected chi connectivity index (χ3v) is 5.20. The molecule has 0 aliphatic carbocycles. The van der Waals surface area contributed by atoms with E-state index in [1.807, 2.05) is 4.90 Å². The van der Waals surface area contributed by atoms with Crippen molar-refractivity contribution < 1.29 is 14.5 Å². The highest BCUT2D eigenvalue weighted by atomic mass is 35.5. The smallest absolute Gasteiger partial charge is 0.338 e. The minimum Gasteiger partial charge on any atom is -0.457 e. The number of halogens is 2. The summed E-state index contributed by atoms with van der Waals surface area (Å²) in [5.74, 6) is -0.630. The van der Waals surface area contributed by atoms with Gasteiger partial charge in [-0.3, -0.25) is 10.1 Å². The molecule has 0 saturated carbocycles. The van der Waals surface area contributed by atoms with Crippen molar-refractivity contribution in [2.24, 2.45) is 0 Å². The summed E-state index contributed by atoms with van der Waals surface area (Å²) in [6, 6.07) is 9.39. The van der Waals surface area contributed by atoms with Gasteiger partial charge < -0.3 is 9.64 Å². The summed E-state index contributed by atoms with van der Waals surface area (Å²) < 4.78 is 5.25. The van der Waals surface area contributed by atoms with Crippen LogP contribution in [0.3, 0.4) is 0 Å². The van der Waals surface area contributed by atoms with Crippen LogP contribution in [0, 0.1) is 10.1 Å². The lowest BCUT2D eigenvalue weighted by Gasteiger charge is -2.28. The van der Waals surface area contributed by atoms with E-state index in [1.54, 1.807) is 30.3 Å². The first kappa shape index (κ1) is 19.5. The standard InChI is InChI=1S/C19H18Cl2N2O4/c20-15-6-4-13(10-16(15)21)12-27-19(24)14-5-7-17(18(11-14)23(25)26)22-8-2-1-3-9-22/h4-7,10-11H,1-3,8-9,12H2. The molecular weight excluding hydrogens is 391 g/mol. The van der Waals surface area contributed by atoms with Crippen molar-refractivity contribution in [3.05, 3.63) is 67.7 Å². The molecule has 1 fully saturated rings. The van der Waals surface area contributed by atoms with Gasteiger partial charge in [0, 0.05) is 19.2 Å². The van der Waals surface area contributed by atoms with E-state index in [-0.39, 0.29) is 17.9 Å². The summed E-state index contributed by atoms with van der Waals surface area (Å²) in [4.78, 5) is 25.3. The minimum absolute atomic E-state index is 0.00258. The number of nitro groups is 1. The van der Waals surface area contributed by atoms with Gasteiger partial charge >= 0.3 is 5.97 Å². The van der Waals surface area contributed by atoms with Crippen molar-refractivity contribution in [3.63, 3.8) is 0 Å². The largest absolute Gasteiger partial charge is 0.457 e. The van der Waals surface area contributed by atoms with Gasteiger partial charge in [0.15, 0.2) is 0 Å². The molecule has 0 unspecified atom stereocenters. The fourth-order valence-electron chi connectivity index (χ4n) is 3.06. The molecule has 0 radical (unpaired) electrons. The van der Waals surface area contributed by atoms with Gasteiger partial charge in [-0.1, -0.05) is 29.3 Å². The summed E-state index contributed by atoms with van der Waals surface area (Å²) in [5.41, 5.74) is 1.28. The molecule has 0 amide bonds. The average Bonchev–Trinajstić information content (AvgIpc) is 2.68. The summed E-state index contributed by atoms with van der Waals surface area (Å²) in [5, 5.41) is 12.3. The number of esters is 1. The highest BCUT2D eigenvalue weighted by molar-refractivity contribution is 6.42. The molecule has 142 valence electrons. The van der Waals surface area contributed by atoms with Crippen LogP contribution in [-0.2, 0) is 11.3 Å². The highest BCUT2D eigenvalue weighted by Gasteiger charge is 2.23. The fraction of sp³-hybridized carbons (Fsp3) is 0.316. The predicted octanol–water partition coefficient (Wildman–Crippen LogP) is 5.25. The molecule has 2 aromatic carbocycles. The maximum Gasteiger partial charge on any atom is 0.338 e. The van der Waals surface area contributed by atoms with E-state index in [0.717, 1.165) is 32.4 Å². The van der Waals surface area contributed by atoms with Crippen LogP contribution in [0.25, 0.3) is 0 Å². The molecule has 2 aromatic rings. The van der Waals surface area contributed by atoms with E-state index in [0.29, 0.717) is 21.3 Å².